The van der Waals surface area contributed by atoms with Gasteiger partial charge in [0.05, 0.1) is 0 Å². The van der Waals surface area contributed by atoms with Crippen molar-refractivity contribution in [1.29, 1.82) is 0 Å². The van der Waals surface area contributed by atoms with E-state index in [-0.39, 0.29) is 5.92 Å². The Kier molecular flexibility index (Phi) is 9.48. The van der Waals surface area contributed by atoms with Gasteiger partial charge in [-0.15, -0.1) is 13.2 Å². The smallest absolute Gasteiger partial charge is 0.403 e. The monoisotopic (exact) mass is 454 g/mol. The molecule has 2 fully saturated rings. The molecular formula is C27H38F4O. The standard InChI is InChI=1S/C27H38F4O/c1-2-3-6-20-9-11-21(12-10-20)7-4-5-8-22-13-15-23(16-14-22)24-17-18-26(25(28)19-24)32-27(29,30)31/h4,7,17-23H,2-3,5-6,8-16H2,1H3/b7-4+. The first-order valence-electron chi connectivity index (χ1n) is 12.6. The highest BCUT2D eigenvalue weighted by Gasteiger charge is 2.32. The molecule has 0 N–H and O–H groups in total. The maximum absolute atomic E-state index is 14.0. The van der Waals surface area contributed by atoms with Crippen LogP contribution in [0.3, 0.4) is 0 Å². The Morgan fingerprint density at radius 1 is 0.938 bits per heavy atom. The molecule has 0 amide bonds. The minimum absolute atomic E-state index is 0.221. The number of rotatable bonds is 9. The SMILES string of the molecule is CCCCC1CCC(/C=C/CCC2CCC(c3ccc(OC(F)(F)F)c(F)c3)CC2)CC1. The van der Waals surface area contributed by atoms with Gasteiger partial charge in [0.1, 0.15) is 0 Å². The Labute approximate surface area is 190 Å². The van der Waals surface area contributed by atoms with E-state index in [4.69, 9.17) is 0 Å². The van der Waals surface area contributed by atoms with Gasteiger partial charge in [0.15, 0.2) is 11.6 Å². The Morgan fingerprint density at radius 3 is 2.22 bits per heavy atom. The van der Waals surface area contributed by atoms with Crippen LogP contribution in [0.1, 0.15) is 102 Å². The molecular weight excluding hydrogens is 416 g/mol. The lowest BCUT2D eigenvalue weighted by atomic mass is 9.77. The van der Waals surface area contributed by atoms with Crippen LogP contribution in [0.25, 0.3) is 0 Å². The molecule has 5 heteroatoms. The van der Waals surface area contributed by atoms with Crippen LogP contribution in [0, 0.1) is 23.6 Å². The lowest BCUT2D eigenvalue weighted by Gasteiger charge is -2.29. The van der Waals surface area contributed by atoms with Gasteiger partial charge in [-0.3, -0.25) is 0 Å². The minimum atomic E-state index is -4.87. The van der Waals surface area contributed by atoms with E-state index < -0.39 is 17.9 Å². The fraction of sp³-hybridized carbons (Fsp3) is 0.704. The molecule has 0 unspecified atom stereocenters. The second-order valence-corrected chi connectivity index (χ2v) is 9.88. The van der Waals surface area contributed by atoms with Crippen LogP contribution in [0.4, 0.5) is 17.6 Å². The number of benzene rings is 1. The summed E-state index contributed by atoms with van der Waals surface area (Å²) < 4.78 is 54.7. The fourth-order valence-electron chi connectivity index (χ4n) is 5.55. The fourth-order valence-corrected chi connectivity index (χ4v) is 5.55. The number of hydrogen-bond acceptors (Lipinski definition) is 1. The molecule has 0 heterocycles. The average Bonchev–Trinajstić information content (AvgIpc) is 2.77. The van der Waals surface area contributed by atoms with Crippen molar-refractivity contribution in [3.8, 4) is 5.75 Å². The first-order chi connectivity index (χ1) is 15.3. The molecule has 0 aromatic heterocycles. The second kappa shape index (κ2) is 12.1. The number of hydrogen-bond donors (Lipinski definition) is 0. The molecule has 1 aromatic carbocycles. The van der Waals surface area contributed by atoms with Gasteiger partial charge in [-0.2, -0.15) is 0 Å². The maximum atomic E-state index is 14.0. The molecule has 1 nitrogen and oxygen atoms in total. The number of unbranched alkanes of at least 4 members (excludes halogenated alkanes) is 1. The second-order valence-electron chi connectivity index (χ2n) is 9.88. The first-order valence-corrected chi connectivity index (χ1v) is 12.6. The number of alkyl halides is 3. The summed E-state index contributed by atoms with van der Waals surface area (Å²) >= 11 is 0. The Morgan fingerprint density at radius 2 is 1.59 bits per heavy atom. The summed E-state index contributed by atoms with van der Waals surface area (Å²) in [6, 6.07) is 3.90. The largest absolute Gasteiger partial charge is 0.573 e. The van der Waals surface area contributed by atoms with E-state index in [9.17, 15) is 17.6 Å². The topological polar surface area (TPSA) is 9.23 Å². The minimum Gasteiger partial charge on any atom is -0.403 e. The summed E-state index contributed by atoms with van der Waals surface area (Å²) in [6.07, 6.45) is 16.0. The Bertz CT molecular complexity index is 711. The van der Waals surface area contributed by atoms with Crippen LogP contribution in [0.2, 0.25) is 0 Å². The molecule has 0 radical (unpaired) electrons. The highest BCUT2D eigenvalue weighted by molar-refractivity contribution is 5.31. The molecule has 3 rings (SSSR count). The predicted octanol–water partition coefficient (Wildman–Crippen LogP) is 9.33. The normalized spacial score (nSPS) is 27.0. The molecule has 180 valence electrons. The van der Waals surface area contributed by atoms with Gasteiger partial charge in [-0.05, 0) is 106 Å². The van der Waals surface area contributed by atoms with Crippen molar-refractivity contribution in [2.45, 2.75) is 103 Å². The summed E-state index contributed by atoms with van der Waals surface area (Å²) in [5, 5.41) is 0. The third-order valence-corrected chi connectivity index (χ3v) is 7.51. The lowest BCUT2D eigenvalue weighted by molar-refractivity contribution is -0.275. The van der Waals surface area contributed by atoms with Gasteiger partial charge in [-0.25, -0.2) is 4.39 Å². The highest BCUT2D eigenvalue weighted by Crippen LogP contribution is 2.39. The van der Waals surface area contributed by atoms with Crippen molar-refractivity contribution < 1.29 is 22.3 Å². The van der Waals surface area contributed by atoms with Crippen LogP contribution in [0.5, 0.6) is 5.75 Å². The summed E-state index contributed by atoms with van der Waals surface area (Å²) in [6.45, 7) is 2.27. The molecule has 0 saturated heterocycles. The molecule has 0 aliphatic heterocycles. The zero-order valence-electron chi connectivity index (χ0n) is 19.3. The van der Waals surface area contributed by atoms with Crippen LogP contribution in [-0.4, -0.2) is 6.36 Å². The zero-order valence-corrected chi connectivity index (χ0v) is 19.3. The van der Waals surface area contributed by atoms with Crippen molar-refractivity contribution >= 4 is 0 Å². The molecule has 0 bridgehead atoms. The van der Waals surface area contributed by atoms with Crippen LogP contribution >= 0.6 is 0 Å². The van der Waals surface area contributed by atoms with E-state index in [1.807, 2.05) is 0 Å². The molecule has 0 spiro atoms. The van der Waals surface area contributed by atoms with E-state index in [0.717, 1.165) is 55.6 Å². The third-order valence-electron chi connectivity index (χ3n) is 7.51. The van der Waals surface area contributed by atoms with Gasteiger partial charge in [0.25, 0.3) is 0 Å². The summed E-state index contributed by atoms with van der Waals surface area (Å²) in [4.78, 5) is 0. The Hall–Kier alpha value is -1.52. The number of halogens is 4. The van der Waals surface area contributed by atoms with Crippen LogP contribution < -0.4 is 4.74 Å². The van der Waals surface area contributed by atoms with E-state index in [1.54, 1.807) is 6.07 Å². The van der Waals surface area contributed by atoms with Gasteiger partial charge < -0.3 is 4.74 Å². The van der Waals surface area contributed by atoms with Crippen molar-refractivity contribution in [3.63, 3.8) is 0 Å². The van der Waals surface area contributed by atoms with Crippen molar-refractivity contribution in [3.05, 3.63) is 41.7 Å². The third kappa shape index (κ3) is 8.12. The maximum Gasteiger partial charge on any atom is 0.573 e. The number of allylic oxidation sites excluding steroid dienone is 2. The average molecular weight is 455 g/mol. The van der Waals surface area contributed by atoms with Gasteiger partial charge >= 0.3 is 6.36 Å². The van der Waals surface area contributed by atoms with Crippen molar-refractivity contribution in [2.75, 3.05) is 0 Å². The van der Waals surface area contributed by atoms with Crippen molar-refractivity contribution in [2.24, 2.45) is 17.8 Å². The van der Waals surface area contributed by atoms with E-state index in [1.165, 1.54) is 57.4 Å². The molecule has 32 heavy (non-hydrogen) atoms. The van der Waals surface area contributed by atoms with Gasteiger partial charge in [0, 0.05) is 0 Å². The number of ether oxygens (including phenoxy) is 1. The van der Waals surface area contributed by atoms with E-state index in [2.05, 4.69) is 23.8 Å². The highest BCUT2D eigenvalue weighted by atomic mass is 19.4. The van der Waals surface area contributed by atoms with Crippen LogP contribution in [0.15, 0.2) is 30.4 Å². The molecule has 2 saturated carbocycles. The Balaban J connectivity index is 1.35. The quantitative estimate of drug-likeness (QED) is 0.267. The summed E-state index contributed by atoms with van der Waals surface area (Å²) in [5.41, 5.74) is 0.782. The molecule has 2 aliphatic rings. The van der Waals surface area contributed by atoms with Crippen LogP contribution in [-0.2, 0) is 0 Å². The molecule has 0 atom stereocenters. The molecule has 2 aliphatic carbocycles. The zero-order chi connectivity index (χ0) is 23.0. The summed E-state index contributed by atoms with van der Waals surface area (Å²) in [7, 11) is 0. The predicted molar refractivity (Wildman–Crippen MR) is 121 cm³/mol. The van der Waals surface area contributed by atoms with Crippen molar-refractivity contribution in [1.82, 2.24) is 0 Å². The van der Waals surface area contributed by atoms with Gasteiger partial charge in [0.2, 0.25) is 0 Å². The van der Waals surface area contributed by atoms with E-state index >= 15 is 0 Å². The lowest BCUT2D eigenvalue weighted by Crippen LogP contribution is -2.18. The van der Waals surface area contributed by atoms with Gasteiger partial charge in [-0.1, -0.05) is 44.4 Å². The first kappa shape index (κ1) is 25.1. The van der Waals surface area contributed by atoms with E-state index in [0.29, 0.717) is 5.92 Å². The molecule has 1 aromatic rings. The summed E-state index contributed by atoms with van der Waals surface area (Å²) in [5.74, 6) is 0.944.